The molecule has 2 amide bonds. The quantitative estimate of drug-likeness (QED) is 0.754. The molecule has 0 radical (unpaired) electrons. The van der Waals surface area contributed by atoms with Crippen molar-refractivity contribution in [1.29, 1.82) is 0 Å². The minimum atomic E-state index is -0.0965. The Bertz CT molecular complexity index is 677. The highest BCUT2D eigenvalue weighted by Gasteiger charge is 2.11. The van der Waals surface area contributed by atoms with E-state index in [4.69, 9.17) is 4.74 Å². The third kappa shape index (κ3) is 4.27. The summed E-state index contributed by atoms with van der Waals surface area (Å²) in [5.41, 5.74) is 3.60. The second-order valence-corrected chi connectivity index (χ2v) is 6.16. The lowest BCUT2D eigenvalue weighted by Crippen LogP contribution is -2.44. The first-order chi connectivity index (χ1) is 11.7. The number of H-pyrrole nitrogens is 1. The van der Waals surface area contributed by atoms with E-state index < -0.39 is 0 Å². The number of carbonyl (C=O) groups excluding carboxylic acids is 1. The molecule has 1 aliphatic rings. The van der Waals surface area contributed by atoms with Gasteiger partial charge < -0.3 is 20.4 Å². The number of fused-ring (bicyclic) bond motifs is 1. The second kappa shape index (κ2) is 8.17. The SMILES string of the molecule is Cc1[nH]c2ccccc2c1CCNC(=O)NCCN1CCOCC1. The van der Waals surface area contributed by atoms with E-state index in [1.165, 1.54) is 16.6 Å². The van der Waals surface area contributed by atoms with Crippen molar-refractivity contribution in [2.24, 2.45) is 0 Å². The number of carbonyl (C=O) groups is 1. The number of rotatable bonds is 6. The molecular weight excluding hydrogens is 304 g/mol. The number of benzene rings is 1. The van der Waals surface area contributed by atoms with Gasteiger partial charge >= 0.3 is 6.03 Å². The third-order valence-electron chi connectivity index (χ3n) is 4.50. The number of urea groups is 1. The summed E-state index contributed by atoms with van der Waals surface area (Å²) in [5.74, 6) is 0. The number of aryl methyl sites for hydroxylation is 1. The van der Waals surface area contributed by atoms with Crippen LogP contribution in [0.4, 0.5) is 4.79 Å². The van der Waals surface area contributed by atoms with Crippen molar-refractivity contribution in [2.45, 2.75) is 13.3 Å². The van der Waals surface area contributed by atoms with Crippen molar-refractivity contribution in [3.63, 3.8) is 0 Å². The lowest BCUT2D eigenvalue weighted by atomic mass is 10.1. The molecule has 1 aromatic heterocycles. The van der Waals surface area contributed by atoms with E-state index in [0.29, 0.717) is 13.1 Å². The average Bonchev–Trinajstić information content (AvgIpc) is 2.92. The van der Waals surface area contributed by atoms with Gasteiger partial charge in [0.1, 0.15) is 0 Å². The number of amides is 2. The van der Waals surface area contributed by atoms with Crippen LogP contribution in [0.2, 0.25) is 0 Å². The molecule has 130 valence electrons. The standard InChI is InChI=1S/C18H26N4O2/c1-14-15(16-4-2-3-5-17(16)21-14)6-7-19-18(23)20-8-9-22-10-12-24-13-11-22/h2-5,21H,6-13H2,1H3,(H2,19,20,23). The van der Waals surface area contributed by atoms with Crippen molar-refractivity contribution in [1.82, 2.24) is 20.5 Å². The van der Waals surface area contributed by atoms with Crippen LogP contribution in [0.1, 0.15) is 11.3 Å². The molecule has 0 saturated carbocycles. The lowest BCUT2D eigenvalue weighted by molar-refractivity contribution is 0.0387. The summed E-state index contributed by atoms with van der Waals surface area (Å²) < 4.78 is 5.31. The van der Waals surface area contributed by atoms with Gasteiger partial charge in [-0.1, -0.05) is 18.2 Å². The number of nitrogens with one attached hydrogen (secondary N) is 3. The van der Waals surface area contributed by atoms with Gasteiger partial charge in [-0.3, -0.25) is 4.90 Å². The Labute approximate surface area is 142 Å². The zero-order chi connectivity index (χ0) is 16.8. The van der Waals surface area contributed by atoms with Gasteiger partial charge in [0.05, 0.1) is 13.2 Å². The molecule has 1 aromatic carbocycles. The van der Waals surface area contributed by atoms with Crippen LogP contribution in [0, 0.1) is 6.92 Å². The summed E-state index contributed by atoms with van der Waals surface area (Å²) in [7, 11) is 0. The highest BCUT2D eigenvalue weighted by Crippen LogP contribution is 2.21. The highest BCUT2D eigenvalue weighted by molar-refractivity contribution is 5.84. The zero-order valence-corrected chi connectivity index (χ0v) is 14.2. The molecule has 3 rings (SSSR count). The fourth-order valence-electron chi connectivity index (χ4n) is 3.17. The molecule has 1 fully saturated rings. The molecule has 0 unspecified atom stereocenters. The number of aromatic amines is 1. The number of nitrogens with zero attached hydrogens (tertiary/aromatic N) is 1. The third-order valence-corrected chi connectivity index (χ3v) is 4.50. The van der Waals surface area contributed by atoms with Crippen molar-refractivity contribution in [2.75, 3.05) is 45.9 Å². The molecule has 0 atom stereocenters. The van der Waals surface area contributed by atoms with Gasteiger partial charge in [0.25, 0.3) is 0 Å². The van der Waals surface area contributed by atoms with Crippen molar-refractivity contribution in [3.05, 3.63) is 35.5 Å². The zero-order valence-electron chi connectivity index (χ0n) is 14.2. The minimum Gasteiger partial charge on any atom is -0.379 e. The average molecular weight is 330 g/mol. The van der Waals surface area contributed by atoms with Crippen LogP contribution in [-0.4, -0.2) is 61.9 Å². The molecule has 0 aliphatic carbocycles. The van der Waals surface area contributed by atoms with Gasteiger partial charge in [-0.15, -0.1) is 0 Å². The van der Waals surface area contributed by atoms with Gasteiger partial charge in [-0.05, 0) is 25.0 Å². The normalized spacial score (nSPS) is 15.5. The van der Waals surface area contributed by atoms with Crippen LogP contribution in [0.15, 0.2) is 24.3 Å². The van der Waals surface area contributed by atoms with E-state index in [1.54, 1.807) is 0 Å². The maximum Gasteiger partial charge on any atom is 0.314 e. The van der Waals surface area contributed by atoms with E-state index in [9.17, 15) is 4.79 Å². The van der Waals surface area contributed by atoms with Gasteiger partial charge in [-0.25, -0.2) is 4.79 Å². The Kier molecular flexibility index (Phi) is 5.72. The maximum atomic E-state index is 11.9. The summed E-state index contributed by atoms with van der Waals surface area (Å²) in [6.07, 6.45) is 0.826. The fourth-order valence-corrected chi connectivity index (χ4v) is 3.17. The Hall–Kier alpha value is -2.05. The van der Waals surface area contributed by atoms with Crippen molar-refractivity contribution < 1.29 is 9.53 Å². The van der Waals surface area contributed by atoms with Gasteiger partial charge in [0, 0.05) is 49.3 Å². The first kappa shape index (κ1) is 16.8. The van der Waals surface area contributed by atoms with E-state index >= 15 is 0 Å². The van der Waals surface area contributed by atoms with Crippen LogP contribution < -0.4 is 10.6 Å². The van der Waals surface area contributed by atoms with Crippen LogP contribution in [-0.2, 0) is 11.2 Å². The molecule has 0 spiro atoms. The first-order valence-electron chi connectivity index (χ1n) is 8.62. The molecule has 6 nitrogen and oxygen atoms in total. The number of para-hydroxylation sites is 1. The molecule has 0 bridgehead atoms. The minimum absolute atomic E-state index is 0.0965. The molecular formula is C18H26N4O2. The van der Waals surface area contributed by atoms with Gasteiger partial charge in [0.2, 0.25) is 0 Å². The van der Waals surface area contributed by atoms with E-state index in [0.717, 1.165) is 44.8 Å². The van der Waals surface area contributed by atoms with E-state index in [2.05, 4.69) is 39.6 Å². The maximum absolute atomic E-state index is 11.9. The fraction of sp³-hybridized carbons (Fsp3) is 0.500. The van der Waals surface area contributed by atoms with Crippen LogP contribution >= 0.6 is 0 Å². The molecule has 24 heavy (non-hydrogen) atoms. The summed E-state index contributed by atoms with van der Waals surface area (Å²) >= 11 is 0. The Morgan fingerprint density at radius 3 is 2.79 bits per heavy atom. The monoisotopic (exact) mass is 330 g/mol. The predicted molar refractivity (Wildman–Crippen MR) is 95.4 cm³/mol. The molecule has 1 saturated heterocycles. The van der Waals surface area contributed by atoms with E-state index in [1.807, 2.05) is 12.1 Å². The van der Waals surface area contributed by atoms with Crippen molar-refractivity contribution in [3.8, 4) is 0 Å². The largest absolute Gasteiger partial charge is 0.379 e. The highest BCUT2D eigenvalue weighted by atomic mass is 16.5. The van der Waals surface area contributed by atoms with Crippen LogP contribution in [0.5, 0.6) is 0 Å². The Balaban J connectivity index is 1.39. The summed E-state index contributed by atoms with van der Waals surface area (Å²) in [6, 6.07) is 8.18. The second-order valence-electron chi connectivity index (χ2n) is 6.16. The predicted octanol–water partition coefficient (Wildman–Crippen LogP) is 1.65. The number of ether oxygens (including phenoxy) is 1. The number of aromatic nitrogens is 1. The number of hydrogen-bond acceptors (Lipinski definition) is 3. The first-order valence-corrected chi connectivity index (χ1v) is 8.62. The topological polar surface area (TPSA) is 69.4 Å². The molecule has 2 heterocycles. The molecule has 3 N–H and O–H groups in total. The van der Waals surface area contributed by atoms with Crippen LogP contribution in [0.3, 0.4) is 0 Å². The molecule has 6 heteroatoms. The summed E-state index contributed by atoms with van der Waals surface area (Å²) in [4.78, 5) is 17.6. The van der Waals surface area contributed by atoms with Crippen molar-refractivity contribution >= 4 is 16.9 Å². The molecule has 1 aliphatic heterocycles. The van der Waals surface area contributed by atoms with Gasteiger partial charge in [-0.2, -0.15) is 0 Å². The molecule has 2 aromatic rings. The van der Waals surface area contributed by atoms with Gasteiger partial charge in [0.15, 0.2) is 0 Å². The summed E-state index contributed by atoms with van der Waals surface area (Å²) in [6.45, 7) is 7.72. The number of morpholine rings is 1. The summed E-state index contributed by atoms with van der Waals surface area (Å²) in [5, 5.41) is 7.11. The van der Waals surface area contributed by atoms with Crippen LogP contribution in [0.25, 0.3) is 10.9 Å². The van der Waals surface area contributed by atoms with E-state index in [-0.39, 0.29) is 6.03 Å². The smallest absolute Gasteiger partial charge is 0.314 e. The Morgan fingerprint density at radius 2 is 1.96 bits per heavy atom. The Morgan fingerprint density at radius 1 is 1.21 bits per heavy atom. The number of hydrogen-bond donors (Lipinski definition) is 3. The lowest BCUT2D eigenvalue weighted by Gasteiger charge is -2.26.